The highest BCUT2D eigenvalue weighted by atomic mass is 16.5. The molecule has 0 heterocycles. The molecular formula is C21H22N2O5. The molecule has 0 aromatic heterocycles. The molecule has 0 radical (unpaired) electrons. The van der Waals surface area contributed by atoms with E-state index in [1.807, 2.05) is 30.3 Å². The highest BCUT2D eigenvalue weighted by Gasteiger charge is 2.09. The van der Waals surface area contributed by atoms with Gasteiger partial charge in [-0.25, -0.2) is 4.79 Å². The van der Waals surface area contributed by atoms with Crippen molar-refractivity contribution in [3.8, 4) is 5.75 Å². The maximum atomic E-state index is 12.0. The molecule has 0 unspecified atom stereocenters. The van der Waals surface area contributed by atoms with Gasteiger partial charge in [0.25, 0.3) is 11.8 Å². The van der Waals surface area contributed by atoms with Crippen molar-refractivity contribution in [2.45, 2.75) is 6.54 Å². The lowest BCUT2D eigenvalue weighted by Gasteiger charge is -2.14. The van der Waals surface area contributed by atoms with Crippen molar-refractivity contribution < 1.29 is 23.9 Å². The highest BCUT2D eigenvalue weighted by molar-refractivity contribution is 6.04. The van der Waals surface area contributed by atoms with Gasteiger partial charge in [-0.05, 0) is 29.8 Å². The van der Waals surface area contributed by atoms with Crippen LogP contribution in [-0.2, 0) is 25.7 Å². The summed E-state index contributed by atoms with van der Waals surface area (Å²) in [7, 11) is 3.17. The molecule has 0 spiro atoms. The average Bonchev–Trinajstić information content (AvgIpc) is 2.74. The third-order valence-electron chi connectivity index (χ3n) is 3.83. The number of nitrogens with one attached hydrogen (secondary N) is 1. The van der Waals surface area contributed by atoms with Crippen LogP contribution in [0.5, 0.6) is 5.75 Å². The summed E-state index contributed by atoms with van der Waals surface area (Å²) in [6, 6.07) is 16.2. The van der Waals surface area contributed by atoms with E-state index < -0.39 is 18.5 Å². The largest absolute Gasteiger partial charge is 0.497 e. The first kappa shape index (κ1) is 20.7. The number of rotatable bonds is 8. The molecule has 0 aliphatic carbocycles. The van der Waals surface area contributed by atoms with Gasteiger partial charge in [0.2, 0.25) is 0 Å². The predicted molar refractivity (Wildman–Crippen MR) is 105 cm³/mol. The van der Waals surface area contributed by atoms with Crippen LogP contribution in [-0.4, -0.2) is 38.5 Å². The van der Waals surface area contributed by atoms with Crippen molar-refractivity contribution in [2.75, 3.05) is 25.7 Å². The Hall–Kier alpha value is -3.61. The summed E-state index contributed by atoms with van der Waals surface area (Å²) < 4.78 is 9.90. The molecular weight excluding hydrogens is 360 g/mol. The number of hydrogen-bond donors (Lipinski definition) is 1. The first-order chi connectivity index (χ1) is 13.5. The third kappa shape index (κ3) is 6.60. The van der Waals surface area contributed by atoms with Gasteiger partial charge in [-0.2, -0.15) is 0 Å². The Morgan fingerprint density at radius 2 is 1.68 bits per heavy atom. The molecule has 0 aliphatic rings. The Bertz CT molecular complexity index is 832. The van der Waals surface area contributed by atoms with Crippen LogP contribution in [0.3, 0.4) is 0 Å². The summed E-state index contributed by atoms with van der Waals surface area (Å²) in [4.78, 5) is 36.9. The molecule has 2 aromatic carbocycles. The monoisotopic (exact) mass is 382 g/mol. The molecule has 0 aliphatic heterocycles. The second kappa shape index (κ2) is 10.5. The van der Waals surface area contributed by atoms with Crippen LogP contribution >= 0.6 is 0 Å². The van der Waals surface area contributed by atoms with Gasteiger partial charge in [0, 0.05) is 31.4 Å². The SMILES string of the molecule is COc1ccc(CNC(=O)COC(=O)/C=C/C(=O)N(C)c2ccccc2)cc1. The maximum absolute atomic E-state index is 12.0. The van der Waals surface area contributed by atoms with Crippen LogP contribution < -0.4 is 15.0 Å². The summed E-state index contributed by atoms with van der Waals surface area (Å²) in [6.45, 7) is -0.126. The van der Waals surface area contributed by atoms with Gasteiger partial charge in [-0.1, -0.05) is 30.3 Å². The molecule has 0 saturated heterocycles. The Labute approximate surface area is 163 Å². The van der Waals surface area contributed by atoms with Gasteiger partial charge in [0.1, 0.15) is 5.75 Å². The molecule has 146 valence electrons. The Kier molecular flexibility index (Phi) is 7.77. The van der Waals surface area contributed by atoms with Crippen molar-refractivity contribution in [3.05, 3.63) is 72.3 Å². The number of amides is 2. The fraction of sp³-hybridized carbons (Fsp3) is 0.190. The van der Waals surface area contributed by atoms with Gasteiger partial charge < -0.3 is 19.7 Å². The van der Waals surface area contributed by atoms with E-state index in [9.17, 15) is 14.4 Å². The summed E-state index contributed by atoms with van der Waals surface area (Å²) in [5.41, 5.74) is 1.58. The lowest BCUT2D eigenvalue weighted by Crippen LogP contribution is -2.28. The van der Waals surface area contributed by atoms with Gasteiger partial charge in [-0.15, -0.1) is 0 Å². The van der Waals surface area contributed by atoms with Crippen molar-refractivity contribution >= 4 is 23.5 Å². The number of esters is 1. The summed E-state index contributed by atoms with van der Waals surface area (Å²) >= 11 is 0. The molecule has 7 nitrogen and oxygen atoms in total. The minimum absolute atomic E-state index is 0.302. The molecule has 0 fully saturated rings. The second-order valence-electron chi connectivity index (χ2n) is 5.80. The zero-order chi connectivity index (χ0) is 20.4. The van der Waals surface area contributed by atoms with Crippen molar-refractivity contribution in [1.82, 2.24) is 5.32 Å². The molecule has 0 bridgehead atoms. The van der Waals surface area contributed by atoms with Crippen molar-refractivity contribution in [3.63, 3.8) is 0 Å². The predicted octanol–water partition coefficient (Wildman–Crippen LogP) is 2.07. The topological polar surface area (TPSA) is 84.9 Å². The van der Waals surface area contributed by atoms with E-state index in [0.717, 1.165) is 23.5 Å². The molecule has 28 heavy (non-hydrogen) atoms. The van der Waals surface area contributed by atoms with E-state index in [1.165, 1.54) is 4.90 Å². The zero-order valence-corrected chi connectivity index (χ0v) is 15.8. The van der Waals surface area contributed by atoms with Crippen LogP contribution in [0.1, 0.15) is 5.56 Å². The van der Waals surface area contributed by atoms with Crippen molar-refractivity contribution in [2.24, 2.45) is 0 Å². The standard InChI is InChI=1S/C21H22N2O5/c1-23(17-6-4-3-5-7-17)20(25)12-13-21(26)28-15-19(24)22-14-16-8-10-18(27-2)11-9-16/h3-13H,14-15H2,1-2H3,(H,22,24)/b13-12+. The van der Waals surface area contributed by atoms with Crippen LogP contribution in [0.15, 0.2) is 66.7 Å². The first-order valence-corrected chi connectivity index (χ1v) is 8.57. The van der Waals surface area contributed by atoms with Crippen LogP contribution in [0, 0.1) is 0 Å². The number of nitrogens with zero attached hydrogens (tertiary/aromatic N) is 1. The fourth-order valence-electron chi connectivity index (χ4n) is 2.21. The number of benzene rings is 2. The Morgan fingerprint density at radius 1 is 1.00 bits per heavy atom. The van der Waals surface area contributed by atoms with E-state index in [-0.39, 0.29) is 5.91 Å². The first-order valence-electron chi connectivity index (χ1n) is 8.57. The third-order valence-corrected chi connectivity index (χ3v) is 3.83. The van der Waals surface area contributed by atoms with E-state index in [4.69, 9.17) is 9.47 Å². The van der Waals surface area contributed by atoms with Crippen LogP contribution in [0.2, 0.25) is 0 Å². The average molecular weight is 382 g/mol. The molecule has 2 amide bonds. The lowest BCUT2D eigenvalue weighted by molar-refractivity contribution is -0.143. The smallest absolute Gasteiger partial charge is 0.331 e. The van der Waals surface area contributed by atoms with Gasteiger partial charge in [0.05, 0.1) is 7.11 Å². The van der Waals surface area contributed by atoms with Crippen molar-refractivity contribution in [1.29, 1.82) is 0 Å². The molecule has 0 atom stereocenters. The normalized spacial score (nSPS) is 10.4. The zero-order valence-electron chi connectivity index (χ0n) is 15.8. The number of para-hydroxylation sites is 1. The number of carbonyl (C=O) groups excluding carboxylic acids is 3. The number of methoxy groups -OCH3 is 1. The van der Waals surface area contributed by atoms with E-state index in [1.54, 1.807) is 38.4 Å². The number of likely N-dealkylation sites (N-methyl/N-ethyl adjacent to an activating group) is 1. The second-order valence-corrected chi connectivity index (χ2v) is 5.80. The van der Waals surface area contributed by atoms with Gasteiger partial charge in [-0.3, -0.25) is 9.59 Å². The number of anilines is 1. The van der Waals surface area contributed by atoms with E-state index in [0.29, 0.717) is 12.2 Å². The minimum atomic E-state index is -0.769. The Morgan fingerprint density at radius 3 is 2.32 bits per heavy atom. The Balaban J connectivity index is 1.72. The number of carbonyl (C=O) groups is 3. The van der Waals surface area contributed by atoms with Crippen LogP contribution in [0.25, 0.3) is 0 Å². The lowest BCUT2D eigenvalue weighted by atomic mass is 10.2. The molecule has 7 heteroatoms. The summed E-state index contributed by atoms with van der Waals surface area (Å²) in [5, 5.41) is 2.64. The van der Waals surface area contributed by atoms with E-state index >= 15 is 0 Å². The quantitative estimate of drug-likeness (QED) is 0.558. The molecule has 2 rings (SSSR count). The molecule has 1 N–H and O–H groups in total. The maximum Gasteiger partial charge on any atom is 0.331 e. The highest BCUT2D eigenvalue weighted by Crippen LogP contribution is 2.12. The number of ether oxygens (including phenoxy) is 2. The van der Waals surface area contributed by atoms with Gasteiger partial charge in [0.15, 0.2) is 6.61 Å². The fourth-order valence-corrected chi connectivity index (χ4v) is 2.21. The summed E-state index contributed by atoms with van der Waals surface area (Å²) in [6.07, 6.45) is 2.10. The van der Waals surface area contributed by atoms with Crippen LogP contribution in [0.4, 0.5) is 5.69 Å². The molecule has 0 saturated carbocycles. The minimum Gasteiger partial charge on any atom is -0.497 e. The molecule has 2 aromatic rings. The summed E-state index contributed by atoms with van der Waals surface area (Å²) in [5.74, 6) is -0.866. The van der Waals surface area contributed by atoms with Gasteiger partial charge >= 0.3 is 5.97 Å². The van der Waals surface area contributed by atoms with E-state index in [2.05, 4.69) is 5.32 Å². The number of hydrogen-bond acceptors (Lipinski definition) is 5.